The number of methoxy groups -OCH3 is 1. The van der Waals surface area contributed by atoms with E-state index in [0.717, 1.165) is 12.8 Å². The molecule has 0 radical (unpaired) electrons. The van der Waals surface area contributed by atoms with Crippen LogP contribution < -0.4 is 0 Å². The number of carbonyl (C=O) groups excluding carboxylic acids is 1. The van der Waals surface area contributed by atoms with Crippen molar-refractivity contribution in [2.45, 2.75) is 69.5 Å². The van der Waals surface area contributed by atoms with Crippen LogP contribution in [0.1, 0.15) is 50.4 Å². The first-order valence-corrected chi connectivity index (χ1v) is 9.61. The lowest BCUT2D eigenvalue weighted by molar-refractivity contribution is -0.120. The molecule has 2 aliphatic heterocycles. The van der Waals surface area contributed by atoms with Crippen LogP contribution in [0.25, 0.3) is 0 Å². The maximum atomic E-state index is 12.4. The first-order chi connectivity index (χ1) is 12.9. The number of furan rings is 1. The maximum Gasteiger partial charge on any atom is 0.341 e. The third-order valence-corrected chi connectivity index (χ3v) is 6.25. The zero-order valence-electron chi connectivity index (χ0n) is 16.4. The minimum Gasteiger partial charge on any atom is -0.472 e. The van der Waals surface area contributed by atoms with Gasteiger partial charge in [-0.25, -0.2) is 4.79 Å². The minimum atomic E-state index is -0.384. The number of esters is 1. The lowest BCUT2D eigenvalue weighted by Gasteiger charge is -2.42. The van der Waals surface area contributed by atoms with E-state index >= 15 is 0 Å². The molecule has 0 unspecified atom stereocenters. The Morgan fingerprint density at radius 3 is 2.78 bits per heavy atom. The van der Waals surface area contributed by atoms with Gasteiger partial charge in [-0.1, -0.05) is 11.6 Å². The van der Waals surface area contributed by atoms with Crippen LogP contribution in [-0.2, 0) is 18.9 Å². The lowest BCUT2D eigenvalue weighted by Crippen LogP contribution is -2.55. The summed E-state index contributed by atoms with van der Waals surface area (Å²) in [7, 11) is 1.68. The van der Waals surface area contributed by atoms with Gasteiger partial charge in [0.2, 0.25) is 0 Å². The molecular formula is C21H28O6. The Hall–Kier alpha value is -1.63. The van der Waals surface area contributed by atoms with E-state index in [4.69, 9.17) is 23.4 Å². The van der Waals surface area contributed by atoms with Gasteiger partial charge in [0.15, 0.2) is 0 Å². The van der Waals surface area contributed by atoms with Crippen LogP contribution in [0, 0.1) is 5.92 Å². The second kappa shape index (κ2) is 6.76. The molecule has 1 aromatic heterocycles. The molecule has 6 nitrogen and oxygen atoms in total. The third-order valence-electron chi connectivity index (χ3n) is 6.25. The van der Waals surface area contributed by atoms with Crippen molar-refractivity contribution in [3.63, 3.8) is 0 Å². The largest absolute Gasteiger partial charge is 0.472 e. The van der Waals surface area contributed by atoms with Gasteiger partial charge in [-0.05, 0) is 46.1 Å². The van der Waals surface area contributed by atoms with Crippen molar-refractivity contribution in [1.82, 2.24) is 0 Å². The highest BCUT2D eigenvalue weighted by Gasteiger charge is 2.72. The molecule has 27 heavy (non-hydrogen) atoms. The summed E-state index contributed by atoms with van der Waals surface area (Å²) in [6.45, 7) is 7.04. The van der Waals surface area contributed by atoms with E-state index in [2.05, 4.69) is 26.8 Å². The zero-order valence-corrected chi connectivity index (χ0v) is 16.4. The Labute approximate surface area is 159 Å². The first-order valence-electron chi connectivity index (χ1n) is 9.61. The normalized spacial score (nSPS) is 39.9. The van der Waals surface area contributed by atoms with Gasteiger partial charge in [-0.2, -0.15) is 0 Å². The van der Waals surface area contributed by atoms with Crippen LogP contribution >= 0.6 is 0 Å². The molecule has 1 aliphatic carbocycles. The highest BCUT2D eigenvalue weighted by molar-refractivity contribution is 5.89. The van der Waals surface area contributed by atoms with Gasteiger partial charge in [-0.3, -0.25) is 0 Å². The van der Waals surface area contributed by atoms with E-state index in [1.807, 2.05) is 0 Å². The molecule has 1 aromatic rings. The summed E-state index contributed by atoms with van der Waals surface area (Å²) in [6, 6.07) is 1.61. The summed E-state index contributed by atoms with van der Waals surface area (Å²) in [5.74, 6) is -0.355. The van der Waals surface area contributed by atoms with Crippen LogP contribution in [0.15, 0.2) is 34.7 Å². The van der Waals surface area contributed by atoms with Gasteiger partial charge >= 0.3 is 5.97 Å². The quantitative estimate of drug-likeness (QED) is 0.430. The highest BCUT2D eigenvalue weighted by Crippen LogP contribution is 2.59. The van der Waals surface area contributed by atoms with Crippen molar-refractivity contribution in [2.24, 2.45) is 5.92 Å². The summed E-state index contributed by atoms with van der Waals surface area (Å²) in [5, 5.41) is 0. The van der Waals surface area contributed by atoms with Gasteiger partial charge in [0, 0.05) is 7.11 Å². The van der Waals surface area contributed by atoms with Crippen molar-refractivity contribution in [3.05, 3.63) is 35.8 Å². The monoisotopic (exact) mass is 376 g/mol. The van der Waals surface area contributed by atoms with Crippen molar-refractivity contribution in [3.8, 4) is 0 Å². The molecule has 3 heterocycles. The smallest absolute Gasteiger partial charge is 0.341 e. The number of hydrogen-bond donors (Lipinski definition) is 0. The number of epoxide rings is 2. The SMILES string of the molecule is CO[C@@H]1[C@H](OC(=O)c2ccoc2)CC[C@]2(CO2)[C@H]1[C@@]1(C)O[C@@H]1CC=C(C)C. The van der Waals surface area contributed by atoms with Crippen molar-refractivity contribution in [2.75, 3.05) is 13.7 Å². The lowest BCUT2D eigenvalue weighted by atomic mass is 9.68. The molecule has 1 spiro atoms. The van der Waals surface area contributed by atoms with Crippen LogP contribution in [0.4, 0.5) is 0 Å². The van der Waals surface area contributed by atoms with Crippen LogP contribution in [0.3, 0.4) is 0 Å². The van der Waals surface area contributed by atoms with E-state index in [0.29, 0.717) is 18.6 Å². The fraction of sp³-hybridized carbons (Fsp3) is 0.667. The Kier molecular flexibility index (Phi) is 4.69. The first kappa shape index (κ1) is 18.7. The number of carbonyl (C=O) groups is 1. The Bertz CT molecular complexity index is 715. The second-order valence-corrected chi connectivity index (χ2v) is 8.33. The number of rotatable bonds is 6. The molecular weight excluding hydrogens is 348 g/mol. The molecule has 3 fully saturated rings. The average Bonchev–Trinajstić information content (AvgIpc) is 3.46. The molecule has 0 amide bonds. The summed E-state index contributed by atoms with van der Waals surface area (Å²) in [5.41, 5.74) is 1.15. The van der Waals surface area contributed by atoms with Crippen molar-refractivity contribution < 1.29 is 28.2 Å². The van der Waals surface area contributed by atoms with Gasteiger partial charge in [0.05, 0.1) is 30.5 Å². The molecule has 3 aliphatic rings. The summed E-state index contributed by atoms with van der Waals surface area (Å²) in [6.07, 6.45) is 7.05. The molecule has 6 heteroatoms. The fourth-order valence-electron chi connectivity index (χ4n) is 4.66. The minimum absolute atomic E-state index is 0.0291. The van der Waals surface area contributed by atoms with Crippen molar-refractivity contribution >= 4 is 5.97 Å². The summed E-state index contributed by atoms with van der Waals surface area (Å²) >= 11 is 0. The molecule has 0 aromatic carbocycles. The van der Waals surface area contributed by atoms with Gasteiger partial charge in [0.1, 0.15) is 29.7 Å². The molecule has 0 N–H and O–H groups in total. The maximum absolute atomic E-state index is 12.4. The van der Waals surface area contributed by atoms with Crippen molar-refractivity contribution in [1.29, 1.82) is 0 Å². The number of allylic oxidation sites excluding steroid dienone is 1. The fourth-order valence-corrected chi connectivity index (χ4v) is 4.66. The summed E-state index contributed by atoms with van der Waals surface area (Å²) in [4.78, 5) is 12.4. The summed E-state index contributed by atoms with van der Waals surface area (Å²) < 4.78 is 28.7. The van der Waals surface area contributed by atoms with Crippen LogP contribution in [-0.4, -0.2) is 49.2 Å². The Morgan fingerprint density at radius 1 is 1.41 bits per heavy atom. The second-order valence-electron chi connectivity index (χ2n) is 8.33. The van der Waals surface area contributed by atoms with Gasteiger partial charge in [-0.15, -0.1) is 0 Å². The van der Waals surface area contributed by atoms with E-state index in [1.54, 1.807) is 13.2 Å². The molecule has 148 valence electrons. The average molecular weight is 376 g/mol. The number of ether oxygens (including phenoxy) is 4. The molecule has 2 saturated heterocycles. The Morgan fingerprint density at radius 2 is 2.19 bits per heavy atom. The zero-order chi connectivity index (χ0) is 19.2. The predicted molar refractivity (Wildman–Crippen MR) is 97.4 cm³/mol. The van der Waals surface area contributed by atoms with Gasteiger partial charge in [0.25, 0.3) is 0 Å². The van der Waals surface area contributed by atoms with Crippen LogP contribution in [0.5, 0.6) is 0 Å². The van der Waals surface area contributed by atoms with Crippen LogP contribution in [0.2, 0.25) is 0 Å². The predicted octanol–water partition coefficient (Wildman–Crippen LogP) is 3.51. The standard InChI is InChI=1S/C21H28O6/c1-13(2)5-6-16-20(3,27-16)18-17(23-4)15(7-9-21(18)12-25-21)26-19(22)14-8-10-24-11-14/h5,8,10-11,15-18H,6-7,9,12H2,1-4H3/t15-,16-,17-,18-,20+,21+/m1/s1. The Balaban J connectivity index is 1.52. The molecule has 1 saturated carbocycles. The molecule has 0 bridgehead atoms. The molecule has 6 atom stereocenters. The van der Waals surface area contributed by atoms with E-state index < -0.39 is 0 Å². The molecule has 4 rings (SSSR count). The van der Waals surface area contributed by atoms with E-state index in [-0.39, 0.29) is 41.4 Å². The van der Waals surface area contributed by atoms with E-state index in [1.165, 1.54) is 18.1 Å². The third kappa shape index (κ3) is 3.35. The van der Waals surface area contributed by atoms with Gasteiger partial charge < -0.3 is 23.4 Å². The topological polar surface area (TPSA) is 73.7 Å². The van der Waals surface area contributed by atoms with E-state index in [9.17, 15) is 4.79 Å². The highest BCUT2D eigenvalue weighted by atomic mass is 16.6. The number of hydrogen-bond acceptors (Lipinski definition) is 6.